The molecule has 0 aromatic heterocycles. The van der Waals surface area contributed by atoms with Gasteiger partial charge in [-0.05, 0) is 42.4 Å². The molecule has 1 fully saturated rings. The van der Waals surface area contributed by atoms with Gasteiger partial charge in [0.15, 0.2) is 0 Å². The summed E-state index contributed by atoms with van der Waals surface area (Å²) in [6.45, 7) is 6.34. The summed E-state index contributed by atoms with van der Waals surface area (Å²) in [5.74, 6) is 0.779. The monoisotopic (exact) mass is 256 g/mol. The average Bonchev–Trinajstić information content (AvgIpc) is 2.35. The Morgan fingerprint density at radius 2 is 1.95 bits per heavy atom. The van der Waals surface area contributed by atoms with Crippen molar-refractivity contribution in [3.63, 3.8) is 0 Å². The molecule has 100 valence electrons. The van der Waals surface area contributed by atoms with Crippen molar-refractivity contribution in [3.05, 3.63) is 29.8 Å². The Hall–Kier alpha value is -1.82. The smallest absolute Gasteiger partial charge is 0.244 e. The molecule has 3 heteroatoms. The van der Waals surface area contributed by atoms with Crippen LogP contribution in [0.15, 0.2) is 24.3 Å². The van der Waals surface area contributed by atoms with Crippen molar-refractivity contribution in [2.45, 2.75) is 39.5 Å². The van der Waals surface area contributed by atoms with Gasteiger partial charge in [-0.2, -0.15) is 5.26 Å². The summed E-state index contributed by atoms with van der Waals surface area (Å²) >= 11 is 0. The van der Waals surface area contributed by atoms with Crippen molar-refractivity contribution in [1.82, 2.24) is 0 Å². The molecule has 0 aliphatic heterocycles. The molecule has 0 unspecified atom stereocenters. The molecule has 2 rings (SSSR count). The third-order valence-electron chi connectivity index (χ3n) is 3.88. The lowest BCUT2D eigenvalue weighted by molar-refractivity contribution is -0.128. The molecule has 1 aliphatic rings. The van der Waals surface area contributed by atoms with Crippen molar-refractivity contribution >= 4 is 11.6 Å². The lowest BCUT2D eigenvalue weighted by Gasteiger charge is -2.39. The Morgan fingerprint density at radius 1 is 1.37 bits per heavy atom. The zero-order valence-corrected chi connectivity index (χ0v) is 11.7. The summed E-state index contributed by atoms with van der Waals surface area (Å²) in [6, 6.07) is 10.0. The minimum atomic E-state index is -0.809. The van der Waals surface area contributed by atoms with Gasteiger partial charge in [-0.1, -0.05) is 32.9 Å². The summed E-state index contributed by atoms with van der Waals surface area (Å²) in [5, 5.41) is 12.1. The SMILES string of the molecule is CC1CC(C#N)(C(=O)Nc2ccc(C(C)C)cc2)C1. The Bertz CT molecular complexity index is 505. The fraction of sp³-hybridized carbons (Fsp3) is 0.500. The minimum Gasteiger partial charge on any atom is -0.325 e. The average molecular weight is 256 g/mol. The van der Waals surface area contributed by atoms with Crippen molar-refractivity contribution in [2.75, 3.05) is 5.32 Å². The maximum absolute atomic E-state index is 12.2. The normalized spacial score (nSPS) is 25.5. The minimum absolute atomic E-state index is 0.162. The summed E-state index contributed by atoms with van der Waals surface area (Å²) in [7, 11) is 0. The van der Waals surface area contributed by atoms with Crippen LogP contribution in [0.5, 0.6) is 0 Å². The third-order valence-corrected chi connectivity index (χ3v) is 3.88. The van der Waals surface area contributed by atoms with Crippen LogP contribution < -0.4 is 5.32 Å². The van der Waals surface area contributed by atoms with Crippen LogP contribution in [0.25, 0.3) is 0 Å². The molecule has 0 heterocycles. The molecule has 1 saturated carbocycles. The number of rotatable bonds is 3. The number of carbonyl (C=O) groups excluding carboxylic acids is 1. The third kappa shape index (κ3) is 2.63. The summed E-state index contributed by atoms with van der Waals surface area (Å²) in [6.07, 6.45) is 1.33. The number of nitrogens with one attached hydrogen (secondary N) is 1. The van der Waals surface area contributed by atoms with E-state index in [0.717, 1.165) is 5.69 Å². The molecular weight excluding hydrogens is 236 g/mol. The largest absolute Gasteiger partial charge is 0.325 e. The summed E-state index contributed by atoms with van der Waals surface area (Å²) < 4.78 is 0. The van der Waals surface area contributed by atoms with E-state index >= 15 is 0 Å². The maximum atomic E-state index is 12.2. The highest BCUT2D eigenvalue weighted by atomic mass is 16.2. The van der Waals surface area contributed by atoms with Crippen LogP contribution in [-0.2, 0) is 4.79 Å². The van der Waals surface area contributed by atoms with E-state index < -0.39 is 5.41 Å². The topological polar surface area (TPSA) is 52.9 Å². The van der Waals surface area contributed by atoms with Gasteiger partial charge in [-0.3, -0.25) is 4.79 Å². The number of hydrogen-bond donors (Lipinski definition) is 1. The predicted octanol–water partition coefficient (Wildman–Crippen LogP) is 3.69. The van der Waals surface area contributed by atoms with Gasteiger partial charge in [0.25, 0.3) is 0 Å². The van der Waals surface area contributed by atoms with Crippen molar-refractivity contribution < 1.29 is 4.79 Å². The highest BCUT2D eigenvalue weighted by molar-refractivity contribution is 5.97. The van der Waals surface area contributed by atoms with Crippen LogP contribution in [0.1, 0.15) is 45.1 Å². The first-order chi connectivity index (χ1) is 8.97. The van der Waals surface area contributed by atoms with E-state index in [-0.39, 0.29) is 5.91 Å². The molecular formula is C16H20N2O. The van der Waals surface area contributed by atoms with Gasteiger partial charge in [-0.25, -0.2) is 0 Å². The molecule has 1 aliphatic carbocycles. The van der Waals surface area contributed by atoms with E-state index in [1.54, 1.807) is 0 Å². The number of carbonyl (C=O) groups is 1. The van der Waals surface area contributed by atoms with Crippen LogP contribution in [-0.4, -0.2) is 5.91 Å². The molecule has 0 atom stereocenters. The second-order valence-electron chi connectivity index (χ2n) is 5.94. The second-order valence-corrected chi connectivity index (χ2v) is 5.94. The van der Waals surface area contributed by atoms with Crippen molar-refractivity contribution in [1.29, 1.82) is 5.26 Å². The lowest BCUT2D eigenvalue weighted by Crippen LogP contribution is -2.45. The zero-order chi connectivity index (χ0) is 14.0. The molecule has 19 heavy (non-hydrogen) atoms. The number of anilines is 1. The first-order valence-electron chi connectivity index (χ1n) is 6.79. The molecule has 0 radical (unpaired) electrons. The van der Waals surface area contributed by atoms with Crippen LogP contribution in [0, 0.1) is 22.7 Å². The Morgan fingerprint density at radius 3 is 2.37 bits per heavy atom. The fourth-order valence-corrected chi connectivity index (χ4v) is 2.66. The van der Waals surface area contributed by atoms with E-state index in [1.807, 2.05) is 24.3 Å². The quantitative estimate of drug-likeness (QED) is 0.896. The van der Waals surface area contributed by atoms with Gasteiger partial charge in [0.1, 0.15) is 5.41 Å². The van der Waals surface area contributed by atoms with Crippen LogP contribution in [0.2, 0.25) is 0 Å². The second kappa shape index (κ2) is 5.05. The van der Waals surface area contributed by atoms with Gasteiger partial charge >= 0.3 is 0 Å². The van der Waals surface area contributed by atoms with Gasteiger partial charge in [0.05, 0.1) is 6.07 Å². The van der Waals surface area contributed by atoms with Crippen LogP contribution in [0.3, 0.4) is 0 Å². The Kier molecular flexibility index (Phi) is 3.61. The fourth-order valence-electron chi connectivity index (χ4n) is 2.66. The van der Waals surface area contributed by atoms with Crippen LogP contribution in [0.4, 0.5) is 5.69 Å². The summed E-state index contributed by atoms with van der Waals surface area (Å²) in [4.78, 5) is 12.2. The molecule has 1 N–H and O–H groups in total. The number of nitrogens with zero attached hydrogens (tertiary/aromatic N) is 1. The van der Waals surface area contributed by atoms with E-state index in [9.17, 15) is 10.1 Å². The van der Waals surface area contributed by atoms with Gasteiger partial charge in [0.2, 0.25) is 5.91 Å². The first-order valence-corrected chi connectivity index (χ1v) is 6.79. The van der Waals surface area contributed by atoms with Crippen LogP contribution >= 0.6 is 0 Å². The lowest BCUT2D eigenvalue weighted by atomic mass is 9.63. The highest BCUT2D eigenvalue weighted by Crippen LogP contribution is 2.45. The maximum Gasteiger partial charge on any atom is 0.244 e. The molecule has 3 nitrogen and oxygen atoms in total. The number of amides is 1. The molecule has 0 bridgehead atoms. The molecule has 1 aromatic carbocycles. The number of nitriles is 1. The Labute approximate surface area is 114 Å². The number of benzene rings is 1. The molecule has 0 spiro atoms. The molecule has 1 amide bonds. The van der Waals surface area contributed by atoms with Crippen molar-refractivity contribution in [3.8, 4) is 6.07 Å². The first kappa shape index (κ1) is 13.6. The van der Waals surface area contributed by atoms with Crippen molar-refractivity contribution in [2.24, 2.45) is 11.3 Å². The highest BCUT2D eigenvalue weighted by Gasteiger charge is 2.48. The van der Waals surface area contributed by atoms with Gasteiger partial charge < -0.3 is 5.32 Å². The standard InChI is InChI=1S/C16H20N2O/c1-11(2)13-4-6-14(7-5-13)18-15(19)16(10-17)8-12(3)9-16/h4-7,11-12H,8-9H2,1-3H3,(H,18,19). The van der Waals surface area contributed by atoms with E-state index in [0.29, 0.717) is 24.7 Å². The zero-order valence-electron chi connectivity index (χ0n) is 11.7. The van der Waals surface area contributed by atoms with E-state index in [4.69, 9.17) is 0 Å². The molecule has 0 saturated heterocycles. The van der Waals surface area contributed by atoms with Gasteiger partial charge in [0, 0.05) is 5.69 Å². The number of hydrogen-bond acceptors (Lipinski definition) is 2. The molecule has 1 aromatic rings. The predicted molar refractivity (Wildman–Crippen MR) is 75.6 cm³/mol. The Balaban J connectivity index is 2.05. The van der Waals surface area contributed by atoms with E-state index in [2.05, 4.69) is 32.2 Å². The summed E-state index contributed by atoms with van der Waals surface area (Å²) in [5.41, 5.74) is 1.20. The van der Waals surface area contributed by atoms with E-state index in [1.165, 1.54) is 5.56 Å². The van der Waals surface area contributed by atoms with Gasteiger partial charge in [-0.15, -0.1) is 0 Å².